The number of nitrogens with zero attached hydrogens (tertiary/aromatic N) is 1. The molecule has 0 aromatic heterocycles. The molecule has 6 nitrogen and oxygen atoms in total. The number of carbonyl (C=O) groups excluding carboxylic acids is 1. The Balaban J connectivity index is 1.35. The van der Waals surface area contributed by atoms with E-state index in [0.29, 0.717) is 41.3 Å². The van der Waals surface area contributed by atoms with Crippen molar-refractivity contribution in [2.45, 2.75) is 19.3 Å². The minimum Gasteiger partial charge on any atom is -0.496 e. The van der Waals surface area contributed by atoms with Gasteiger partial charge in [-0.25, -0.2) is 9.18 Å². The fourth-order valence-electron chi connectivity index (χ4n) is 3.55. The quantitative estimate of drug-likeness (QED) is 0.346. The fourth-order valence-corrected chi connectivity index (χ4v) is 3.72. The molecule has 168 valence electrons. The van der Waals surface area contributed by atoms with Crippen LogP contribution in [0.1, 0.15) is 29.6 Å². The number of hydrogen-bond acceptors (Lipinski definition) is 6. The van der Waals surface area contributed by atoms with Gasteiger partial charge in [-0.15, -0.1) is 0 Å². The lowest BCUT2D eigenvalue weighted by Crippen LogP contribution is -2.36. The molecule has 2 aromatic carbocycles. The SMILES string of the molecule is COc1cc(N)c(Cl)cc1C(=O)OCC1CCN(CCCOc2ccc(F)cc2)CC1. The molecule has 0 spiro atoms. The lowest BCUT2D eigenvalue weighted by Gasteiger charge is -2.31. The van der Waals surface area contributed by atoms with Crippen molar-refractivity contribution >= 4 is 23.3 Å². The van der Waals surface area contributed by atoms with Crippen LogP contribution in [0.2, 0.25) is 5.02 Å². The van der Waals surface area contributed by atoms with Crippen molar-refractivity contribution in [3.63, 3.8) is 0 Å². The molecule has 8 heteroatoms. The van der Waals surface area contributed by atoms with E-state index >= 15 is 0 Å². The first-order valence-electron chi connectivity index (χ1n) is 10.4. The zero-order valence-corrected chi connectivity index (χ0v) is 18.4. The van der Waals surface area contributed by atoms with Crippen LogP contribution < -0.4 is 15.2 Å². The van der Waals surface area contributed by atoms with Gasteiger partial charge in [-0.1, -0.05) is 11.6 Å². The molecule has 0 saturated carbocycles. The third-order valence-corrected chi connectivity index (χ3v) is 5.72. The predicted octanol–water partition coefficient (Wildman–Crippen LogP) is 4.41. The Bertz CT molecular complexity index is 871. The van der Waals surface area contributed by atoms with Crippen molar-refractivity contribution < 1.29 is 23.4 Å². The number of likely N-dealkylation sites (tertiary alicyclic amines) is 1. The largest absolute Gasteiger partial charge is 0.496 e. The summed E-state index contributed by atoms with van der Waals surface area (Å²) < 4.78 is 29.3. The number of methoxy groups -OCH3 is 1. The van der Waals surface area contributed by atoms with Gasteiger partial charge in [0.25, 0.3) is 0 Å². The second-order valence-corrected chi connectivity index (χ2v) is 8.02. The summed E-state index contributed by atoms with van der Waals surface area (Å²) in [5, 5.41) is 0.296. The summed E-state index contributed by atoms with van der Waals surface area (Å²) in [7, 11) is 1.47. The van der Waals surface area contributed by atoms with E-state index in [1.165, 1.54) is 31.4 Å². The zero-order chi connectivity index (χ0) is 22.2. The summed E-state index contributed by atoms with van der Waals surface area (Å²) in [6.45, 7) is 3.81. The lowest BCUT2D eigenvalue weighted by atomic mass is 9.97. The topological polar surface area (TPSA) is 74.0 Å². The van der Waals surface area contributed by atoms with Gasteiger partial charge in [0, 0.05) is 12.6 Å². The third-order valence-electron chi connectivity index (χ3n) is 5.40. The number of rotatable bonds is 9. The van der Waals surface area contributed by atoms with Crippen LogP contribution in [0.15, 0.2) is 36.4 Å². The van der Waals surface area contributed by atoms with Gasteiger partial charge in [0.05, 0.1) is 31.0 Å². The van der Waals surface area contributed by atoms with Crippen LogP contribution >= 0.6 is 11.6 Å². The van der Waals surface area contributed by atoms with E-state index in [9.17, 15) is 9.18 Å². The van der Waals surface area contributed by atoms with E-state index in [-0.39, 0.29) is 11.4 Å². The first-order chi connectivity index (χ1) is 15.0. The molecule has 2 N–H and O–H groups in total. The number of esters is 1. The standard InChI is InChI=1S/C23H28ClFN2O4/c1-29-22-14-21(26)20(24)13-19(22)23(28)31-15-16-7-10-27(11-8-16)9-2-12-30-18-5-3-17(25)4-6-18/h3-6,13-14,16H,2,7-12,15,26H2,1H3. The van der Waals surface area contributed by atoms with Crippen LogP contribution in [-0.2, 0) is 4.74 Å². The van der Waals surface area contributed by atoms with Crippen molar-refractivity contribution in [2.24, 2.45) is 5.92 Å². The average molecular weight is 451 g/mol. The molecule has 1 aliphatic heterocycles. The Kier molecular flexibility index (Phi) is 8.37. The average Bonchev–Trinajstić information content (AvgIpc) is 2.78. The Labute approximate surface area is 187 Å². The van der Waals surface area contributed by atoms with E-state index in [4.69, 9.17) is 31.5 Å². The number of nitrogen functional groups attached to an aromatic ring is 1. The molecule has 3 rings (SSSR count). The summed E-state index contributed by atoms with van der Waals surface area (Å²) in [4.78, 5) is 14.8. The summed E-state index contributed by atoms with van der Waals surface area (Å²) in [6, 6.07) is 9.06. The summed E-state index contributed by atoms with van der Waals surface area (Å²) in [6.07, 6.45) is 2.83. The van der Waals surface area contributed by atoms with Gasteiger partial charge < -0.3 is 24.8 Å². The fraction of sp³-hybridized carbons (Fsp3) is 0.435. The number of hydrogen-bond donors (Lipinski definition) is 1. The second kappa shape index (κ2) is 11.2. The molecule has 0 unspecified atom stereocenters. The molecule has 0 atom stereocenters. The highest BCUT2D eigenvalue weighted by molar-refractivity contribution is 6.33. The van der Waals surface area contributed by atoms with Crippen molar-refractivity contribution in [1.82, 2.24) is 4.90 Å². The van der Waals surface area contributed by atoms with Gasteiger partial charge in [-0.05, 0) is 68.6 Å². The van der Waals surface area contributed by atoms with Gasteiger partial charge in [0.2, 0.25) is 0 Å². The smallest absolute Gasteiger partial charge is 0.341 e. The van der Waals surface area contributed by atoms with Crippen LogP contribution in [0, 0.1) is 11.7 Å². The molecular weight excluding hydrogens is 423 g/mol. The number of benzene rings is 2. The Hall–Kier alpha value is -2.51. The molecule has 0 aliphatic carbocycles. The van der Waals surface area contributed by atoms with Crippen LogP contribution in [0.25, 0.3) is 0 Å². The number of carbonyl (C=O) groups is 1. The lowest BCUT2D eigenvalue weighted by molar-refractivity contribution is 0.0367. The van der Waals surface area contributed by atoms with Gasteiger partial charge in [-0.2, -0.15) is 0 Å². The van der Waals surface area contributed by atoms with E-state index < -0.39 is 5.97 Å². The first kappa shape index (κ1) is 23.2. The Morgan fingerprint density at radius 2 is 1.94 bits per heavy atom. The molecule has 0 amide bonds. The van der Waals surface area contributed by atoms with Crippen molar-refractivity contribution in [3.05, 3.63) is 52.8 Å². The number of piperidine rings is 1. The van der Waals surface area contributed by atoms with Crippen molar-refractivity contribution in [3.8, 4) is 11.5 Å². The molecule has 0 bridgehead atoms. The zero-order valence-electron chi connectivity index (χ0n) is 17.6. The molecule has 0 radical (unpaired) electrons. The third kappa shape index (κ3) is 6.74. The number of nitrogens with two attached hydrogens (primary N) is 1. The van der Waals surface area contributed by atoms with E-state index in [1.54, 1.807) is 12.1 Å². The highest BCUT2D eigenvalue weighted by Crippen LogP contribution is 2.29. The van der Waals surface area contributed by atoms with E-state index in [0.717, 1.165) is 38.9 Å². The molecular formula is C23H28ClFN2O4. The summed E-state index contributed by atoms with van der Waals surface area (Å²) in [5.41, 5.74) is 6.39. The van der Waals surface area contributed by atoms with Crippen molar-refractivity contribution in [2.75, 3.05) is 45.7 Å². The summed E-state index contributed by atoms with van der Waals surface area (Å²) in [5.74, 6) is 0.632. The van der Waals surface area contributed by atoms with Gasteiger partial charge >= 0.3 is 5.97 Å². The molecule has 1 aliphatic rings. The molecule has 1 fully saturated rings. The highest BCUT2D eigenvalue weighted by Gasteiger charge is 2.22. The highest BCUT2D eigenvalue weighted by atomic mass is 35.5. The number of ether oxygens (including phenoxy) is 3. The van der Waals surface area contributed by atoms with E-state index in [2.05, 4.69) is 4.90 Å². The maximum atomic E-state index is 12.9. The molecule has 1 saturated heterocycles. The van der Waals surface area contributed by atoms with Crippen LogP contribution in [-0.4, -0.2) is 50.8 Å². The van der Waals surface area contributed by atoms with Crippen LogP contribution in [0.5, 0.6) is 11.5 Å². The maximum Gasteiger partial charge on any atom is 0.341 e. The van der Waals surface area contributed by atoms with Gasteiger partial charge in [-0.3, -0.25) is 0 Å². The molecule has 1 heterocycles. The number of anilines is 1. The Morgan fingerprint density at radius 1 is 1.23 bits per heavy atom. The monoisotopic (exact) mass is 450 g/mol. The van der Waals surface area contributed by atoms with Gasteiger partial charge in [0.15, 0.2) is 0 Å². The number of halogens is 2. The van der Waals surface area contributed by atoms with Gasteiger partial charge in [0.1, 0.15) is 22.9 Å². The van der Waals surface area contributed by atoms with E-state index in [1.807, 2.05) is 0 Å². The molecule has 2 aromatic rings. The maximum absolute atomic E-state index is 12.9. The normalized spacial score (nSPS) is 14.9. The van der Waals surface area contributed by atoms with Crippen molar-refractivity contribution in [1.29, 1.82) is 0 Å². The second-order valence-electron chi connectivity index (χ2n) is 7.61. The Morgan fingerprint density at radius 3 is 2.61 bits per heavy atom. The minimum atomic E-state index is -0.459. The minimum absolute atomic E-state index is 0.266. The van der Waals surface area contributed by atoms with Crippen LogP contribution in [0.3, 0.4) is 0 Å². The van der Waals surface area contributed by atoms with Crippen LogP contribution in [0.4, 0.5) is 10.1 Å². The predicted molar refractivity (Wildman–Crippen MR) is 118 cm³/mol. The molecule has 31 heavy (non-hydrogen) atoms. The first-order valence-corrected chi connectivity index (χ1v) is 10.7. The summed E-state index contributed by atoms with van der Waals surface area (Å²) >= 11 is 6.03.